The standard InChI is InChI=1S/C17H14ClFN2/c1-3-11-5-7-15-14(8-11)16(18)21-17(20-15)13-9-12(19)6-4-10(13)2/h4-9H,3H2,1-2H3. The lowest BCUT2D eigenvalue weighted by molar-refractivity contribution is 0.628. The Labute approximate surface area is 127 Å². The van der Waals surface area contributed by atoms with Crippen LogP contribution in [0.2, 0.25) is 5.15 Å². The number of rotatable bonds is 2. The number of benzene rings is 2. The molecule has 0 amide bonds. The Hall–Kier alpha value is -2.00. The molecular weight excluding hydrogens is 287 g/mol. The Morgan fingerprint density at radius 3 is 2.67 bits per heavy atom. The Morgan fingerprint density at radius 1 is 1.10 bits per heavy atom. The first-order valence-electron chi connectivity index (χ1n) is 6.81. The molecule has 2 aromatic carbocycles. The van der Waals surface area contributed by atoms with Crippen LogP contribution in [0.5, 0.6) is 0 Å². The van der Waals surface area contributed by atoms with E-state index in [2.05, 4.69) is 16.9 Å². The van der Waals surface area contributed by atoms with Gasteiger partial charge in [-0.25, -0.2) is 14.4 Å². The van der Waals surface area contributed by atoms with Crippen LogP contribution in [0.25, 0.3) is 22.3 Å². The van der Waals surface area contributed by atoms with Gasteiger partial charge in [0.1, 0.15) is 11.0 Å². The zero-order chi connectivity index (χ0) is 15.0. The van der Waals surface area contributed by atoms with Gasteiger partial charge in [0.2, 0.25) is 0 Å². The molecule has 0 unspecified atom stereocenters. The third-order valence-electron chi connectivity index (χ3n) is 3.56. The summed E-state index contributed by atoms with van der Waals surface area (Å²) in [5, 5.41) is 1.22. The highest BCUT2D eigenvalue weighted by Gasteiger charge is 2.11. The minimum Gasteiger partial charge on any atom is -0.228 e. The maximum atomic E-state index is 13.5. The molecule has 106 valence electrons. The summed E-state index contributed by atoms with van der Waals surface area (Å²) in [7, 11) is 0. The van der Waals surface area contributed by atoms with Crippen molar-refractivity contribution < 1.29 is 4.39 Å². The average Bonchev–Trinajstić information content (AvgIpc) is 2.49. The summed E-state index contributed by atoms with van der Waals surface area (Å²) in [5.41, 5.74) is 3.53. The molecule has 0 spiro atoms. The zero-order valence-electron chi connectivity index (χ0n) is 11.8. The molecule has 1 aromatic heterocycles. The highest BCUT2D eigenvalue weighted by Crippen LogP contribution is 2.27. The van der Waals surface area contributed by atoms with Gasteiger partial charge in [-0.2, -0.15) is 0 Å². The van der Waals surface area contributed by atoms with Gasteiger partial charge < -0.3 is 0 Å². The van der Waals surface area contributed by atoms with Gasteiger partial charge in [0, 0.05) is 10.9 Å². The first-order valence-corrected chi connectivity index (χ1v) is 7.19. The van der Waals surface area contributed by atoms with Crippen LogP contribution in [0.4, 0.5) is 4.39 Å². The average molecular weight is 301 g/mol. The van der Waals surface area contributed by atoms with Crippen molar-refractivity contribution in [1.29, 1.82) is 0 Å². The number of fused-ring (bicyclic) bond motifs is 1. The second-order valence-electron chi connectivity index (χ2n) is 5.00. The molecule has 0 bridgehead atoms. The van der Waals surface area contributed by atoms with Crippen molar-refractivity contribution in [2.45, 2.75) is 20.3 Å². The largest absolute Gasteiger partial charge is 0.228 e. The second kappa shape index (κ2) is 5.41. The smallest absolute Gasteiger partial charge is 0.161 e. The van der Waals surface area contributed by atoms with E-state index in [1.54, 1.807) is 6.07 Å². The van der Waals surface area contributed by atoms with Crippen LogP contribution in [-0.2, 0) is 6.42 Å². The van der Waals surface area contributed by atoms with E-state index in [4.69, 9.17) is 11.6 Å². The molecule has 4 heteroatoms. The summed E-state index contributed by atoms with van der Waals surface area (Å²) in [6.07, 6.45) is 0.928. The number of aromatic nitrogens is 2. The Bertz CT molecular complexity index is 830. The van der Waals surface area contributed by atoms with Crippen LogP contribution in [0.15, 0.2) is 36.4 Å². The van der Waals surface area contributed by atoms with Crippen LogP contribution in [0, 0.1) is 12.7 Å². The van der Waals surface area contributed by atoms with Crippen molar-refractivity contribution in [3.63, 3.8) is 0 Å². The van der Waals surface area contributed by atoms with Crippen molar-refractivity contribution in [1.82, 2.24) is 9.97 Å². The summed E-state index contributed by atoms with van der Waals surface area (Å²) < 4.78 is 13.5. The van der Waals surface area contributed by atoms with E-state index in [1.807, 2.05) is 25.1 Å². The van der Waals surface area contributed by atoms with Crippen LogP contribution >= 0.6 is 11.6 Å². The lowest BCUT2D eigenvalue weighted by atomic mass is 10.1. The maximum Gasteiger partial charge on any atom is 0.161 e. The number of halogens is 2. The number of aryl methyl sites for hydroxylation is 2. The van der Waals surface area contributed by atoms with Crippen molar-refractivity contribution in [3.05, 3.63) is 58.5 Å². The van der Waals surface area contributed by atoms with Crippen LogP contribution in [0.1, 0.15) is 18.1 Å². The van der Waals surface area contributed by atoms with Gasteiger partial charge in [0.15, 0.2) is 5.82 Å². The van der Waals surface area contributed by atoms with E-state index in [0.29, 0.717) is 16.5 Å². The molecule has 3 rings (SSSR count). The molecule has 0 saturated heterocycles. The molecule has 0 aliphatic rings. The third-order valence-corrected chi connectivity index (χ3v) is 3.85. The van der Waals surface area contributed by atoms with Gasteiger partial charge in [0.05, 0.1) is 5.52 Å². The summed E-state index contributed by atoms with van der Waals surface area (Å²) in [6, 6.07) is 10.5. The lowest BCUT2D eigenvalue weighted by Gasteiger charge is -2.08. The molecule has 3 aromatic rings. The molecule has 1 heterocycles. The van der Waals surface area contributed by atoms with Gasteiger partial charge in [0.25, 0.3) is 0 Å². The molecule has 0 atom stereocenters. The Morgan fingerprint density at radius 2 is 1.90 bits per heavy atom. The van der Waals surface area contributed by atoms with E-state index in [9.17, 15) is 4.39 Å². The predicted octanol–water partition coefficient (Wildman–Crippen LogP) is 4.96. The van der Waals surface area contributed by atoms with Gasteiger partial charge in [-0.1, -0.05) is 30.7 Å². The lowest BCUT2D eigenvalue weighted by Crippen LogP contribution is -1.95. The first-order chi connectivity index (χ1) is 10.1. The van der Waals surface area contributed by atoms with Crippen molar-refractivity contribution in [2.24, 2.45) is 0 Å². The third kappa shape index (κ3) is 2.61. The van der Waals surface area contributed by atoms with Crippen LogP contribution in [0.3, 0.4) is 0 Å². The van der Waals surface area contributed by atoms with Gasteiger partial charge in [-0.15, -0.1) is 0 Å². The minimum absolute atomic E-state index is 0.309. The van der Waals surface area contributed by atoms with Crippen molar-refractivity contribution in [2.75, 3.05) is 0 Å². The number of hydrogen-bond donors (Lipinski definition) is 0. The molecule has 0 aliphatic heterocycles. The van der Waals surface area contributed by atoms with Gasteiger partial charge >= 0.3 is 0 Å². The van der Waals surface area contributed by atoms with E-state index in [1.165, 1.54) is 17.7 Å². The highest BCUT2D eigenvalue weighted by atomic mass is 35.5. The Balaban J connectivity index is 2.23. The SMILES string of the molecule is CCc1ccc2nc(-c3cc(F)ccc3C)nc(Cl)c2c1. The fourth-order valence-corrected chi connectivity index (χ4v) is 2.55. The van der Waals surface area contributed by atoms with Gasteiger partial charge in [-0.3, -0.25) is 0 Å². The number of nitrogens with zero attached hydrogens (tertiary/aromatic N) is 2. The number of hydrogen-bond acceptors (Lipinski definition) is 2. The monoisotopic (exact) mass is 300 g/mol. The van der Waals surface area contributed by atoms with E-state index in [-0.39, 0.29) is 5.82 Å². The summed E-state index contributed by atoms with van der Waals surface area (Å²) in [4.78, 5) is 8.86. The normalized spacial score (nSPS) is 11.0. The quantitative estimate of drug-likeness (QED) is 0.625. The van der Waals surface area contributed by atoms with Crippen LogP contribution < -0.4 is 0 Å². The fraction of sp³-hybridized carbons (Fsp3) is 0.176. The van der Waals surface area contributed by atoms with Crippen LogP contribution in [-0.4, -0.2) is 9.97 Å². The Kier molecular flexibility index (Phi) is 3.60. The van der Waals surface area contributed by atoms with E-state index in [0.717, 1.165) is 22.9 Å². The molecule has 0 aliphatic carbocycles. The van der Waals surface area contributed by atoms with Gasteiger partial charge in [-0.05, 0) is 48.7 Å². The molecule has 0 saturated carbocycles. The maximum absolute atomic E-state index is 13.5. The predicted molar refractivity (Wildman–Crippen MR) is 84.1 cm³/mol. The minimum atomic E-state index is -0.309. The molecular formula is C17H14ClFN2. The van der Waals surface area contributed by atoms with Crippen molar-refractivity contribution >= 4 is 22.5 Å². The molecule has 0 fully saturated rings. The highest BCUT2D eigenvalue weighted by molar-refractivity contribution is 6.34. The molecule has 2 nitrogen and oxygen atoms in total. The topological polar surface area (TPSA) is 25.8 Å². The van der Waals surface area contributed by atoms with E-state index < -0.39 is 0 Å². The molecule has 21 heavy (non-hydrogen) atoms. The summed E-state index contributed by atoms with van der Waals surface area (Å²) >= 11 is 6.29. The molecule has 0 N–H and O–H groups in total. The zero-order valence-corrected chi connectivity index (χ0v) is 12.6. The second-order valence-corrected chi connectivity index (χ2v) is 5.36. The molecule has 0 radical (unpaired) electrons. The van der Waals surface area contributed by atoms with Crippen molar-refractivity contribution in [3.8, 4) is 11.4 Å². The first kappa shape index (κ1) is 14.0. The summed E-state index contributed by atoms with van der Waals surface area (Å²) in [6.45, 7) is 3.98. The van der Waals surface area contributed by atoms with E-state index >= 15 is 0 Å². The summed E-state index contributed by atoms with van der Waals surface area (Å²) in [5.74, 6) is 0.144. The fourth-order valence-electron chi connectivity index (χ4n) is 2.31.